The van der Waals surface area contributed by atoms with Gasteiger partial charge in [-0.1, -0.05) is 55.8 Å². The summed E-state index contributed by atoms with van der Waals surface area (Å²) in [5.74, 6) is 0.146. The zero-order valence-electron chi connectivity index (χ0n) is 21.6. The fourth-order valence-corrected chi connectivity index (χ4v) is 4.67. The van der Waals surface area contributed by atoms with E-state index in [-0.39, 0.29) is 29.2 Å². The van der Waals surface area contributed by atoms with Crippen molar-refractivity contribution in [3.8, 4) is 0 Å². The number of carbonyl (C=O) groups excluding carboxylic acids is 2. The molecule has 0 bridgehead atoms. The number of nitrogens with one attached hydrogen (secondary N) is 3. The molecule has 3 N–H and O–H groups in total. The zero-order chi connectivity index (χ0) is 25.6. The molecule has 1 fully saturated rings. The van der Waals surface area contributed by atoms with Crippen molar-refractivity contribution < 1.29 is 14.3 Å². The number of methoxy groups -OCH3 is 1. The first-order valence-electron chi connectivity index (χ1n) is 12.5. The Hall–Kier alpha value is -2.99. The quantitative estimate of drug-likeness (QED) is 0.449. The van der Waals surface area contributed by atoms with Gasteiger partial charge in [-0.05, 0) is 62.3 Å². The average molecular weight is 478 g/mol. The van der Waals surface area contributed by atoms with Gasteiger partial charge in [-0.25, -0.2) is 0 Å². The van der Waals surface area contributed by atoms with Crippen molar-refractivity contribution >= 4 is 17.5 Å². The normalized spacial score (nSPS) is 21.0. The van der Waals surface area contributed by atoms with Crippen molar-refractivity contribution in [2.75, 3.05) is 13.7 Å². The van der Waals surface area contributed by atoms with Gasteiger partial charge in [0.25, 0.3) is 5.91 Å². The molecule has 6 heteroatoms. The highest BCUT2D eigenvalue weighted by atomic mass is 16.5. The minimum Gasteiger partial charge on any atom is -0.385 e. The molecule has 0 aromatic heterocycles. The number of rotatable bonds is 10. The maximum absolute atomic E-state index is 13.2. The third-order valence-electron chi connectivity index (χ3n) is 7.21. The molecule has 2 aromatic rings. The summed E-state index contributed by atoms with van der Waals surface area (Å²) in [6.07, 6.45) is 2.30. The largest absolute Gasteiger partial charge is 0.385 e. The minimum atomic E-state index is -0.420. The third-order valence-corrected chi connectivity index (χ3v) is 7.21. The number of piperidine rings is 1. The fourth-order valence-electron chi connectivity index (χ4n) is 4.67. The average Bonchev–Trinajstić information content (AvgIpc) is 2.81. The number of ketones is 1. The van der Waals surface area contributed by atoms with E-state index in [0.29, 0.717) is 43.7 Å². The fraction of sp³-hybridized carbons (Fsp3) is 0.483. The van der Waals surface area contributed by atoms with Crippen LogP contribution in [0, 0.1) is 24.2 Å². The predicted octanol–water partition coefficient (Wildman–Crippen LogP) is 5.01. The van der Waals surface area contributed by atoms with Crippen LogP contribution >= 0.6 is 0 Å². The van der Waals surface area contributed by atoms with E-state index in [0.717, 1.165) is 16.7 Å². The van der Waals surface area contributed by atoms with E-state index in [1.54, 1.807) is 7.11 Å². The van der Waals surface area contributed by atoms with Gasteiger partial charge in [0, 0.05) is 31.2 Å². The molecule has 2 aromatic carbocycles. The molecule has 188 valence electrons. The van der Waals surface area contributed by atoms with E-state index >= 15 is 0 Å². The molecule has 0 saturated carbocycles. The lowest BCUT2D eigenvalue weighted by atomic mass is 9.75. The van der Waals surface area contributed by atoms with Crippen molar-refractivity contribution in [1.82, 2.24) is 10.6 Å². The number of benzene rings is 2. The van der Waals surface area contributed by atoms with Gasteiger partial charge in [-0.15, -0.1) is 0 Å². The van der Waals surface area contributed by atoms with Crippen molar-refractivity contribution in [2.45, 2.75) is 65.0 Å². The Morgan fingerprint density at radius 2 is 1.94 bits per heavy atom. The first-order chi connectivity index (χ1) is 16.6. The molecule has 0 spiro atoms. The molecule has 3 atom stereocenters. The Morgan fingerprint density at radius 3 is 2.57 bits per heavy atom. The lowest BCUT2D eigenvalue weighted by molar-refractivity contribution is -0.123. The van der Waals surface area contributed by atoms with E-state index in [9.17, 15) is 9.59 Å². The number of ether oxygens (including phenoxy) is 1. The molecule has 3 rings (SSSR count). The Kier molecular flexibility index (Phi) is 8.84. The van der Waals surface area contributed by atoms with E-state index in [4.69, 9.17) is 10.1 Å². The van der Waals surface area contributed by atoms with Crippen LogP contribution in [-0.2, 0) is 16.0 Å². The van der Waals surface area contributed by atoms with Gasteiger partial charge in [0.1, 0.15) is 11.6 Å². The molecular formula is C29H39N3O3. The second kappa shape index (κ2) is 11.6. The number of amides is 1. The maximum Gasteiger partial charge on any atom is 0.251 e. The monoisotopic (exact) mass is 477 g/mol. The Labute approximate surface area is 209 Å². The second-order valence-electron chi connectivity index (χ2n) is 10.3. The maximum atomic E-state index is 13.2. The summed E-state index contributed by atoms with van der Waals surface area (Å²) in [5, 5.41) is 14.9. The highest BCUT2D eigenvalue weighted by Gasteiger charge is 2.41. The van der Waals surface area contributed by atoms with E-state index in [1.165, 1.54) is 0 Å². The first-order valence-corrected chi connectivity index (χ1v) is 12.5. The SMILES string of the molecule is COCC[C@H](NC(=O)c1cc(C)cc(CCC2C(=N)N[C@](C)(C(C)C)CC2=O)c1)c1ccccc1. The van der Waals surface area contributed by atoms with Gasteiger partial charge in [0.15, 0.2) is 0 Å². The van der Waals surface area contributed by atoms with Crippen LogP contribution in [0.5, 0.6) is 0 Å². The van der Waals surface area contributed by atoms with Crippen LogP contribution in [0.25, 0.3) is 0 Å². The number of aryl methyl sites for hydroxylation is 2. The van der Waals surface area contributed by atoms with Gasteiger partial charge in [-0.2, -0.15) is 0 Å². The summed E-state index contributed by atoms with van der Waals surface area (Å²) < 4.78 is 5.25. The Bertz CT molecular complexity index is 1030. The van der Waals surface area contributed by atoms with E-state index in [1.807, 2.05) is 56.3 Å². The van der Waals surface area contributed by atoms with Gasteiger partial charge < -0.3 is 15.4 Å². The van der Waals surface area contributed by atoms with Crippen molar-refractivity contribution in [1.29, 1.82) is 5.41 Å². The molecule has 1 heterocycles. The topological polar surface area (TPSA) is 91.3 Å². The van der Waals surface area contributed by atoms with Gasteiger partial charge in [0.2, 0.25) is 0 Å². The molecule has 1 amide bonds. The molecular weight excluding hydrogens is 438 g/mol. The molecule has 1 saturated heterocycles. The van der Waals surface area contributed by atoms with Crippen LogP contribution < -0.4 is 10.6 Å². The summed E-state index contributed by atoms with van der Waals surface area (Å²) in [7, 11) is 1.66. The highest BCUT2D eigenvalue weighted by Crippen LogP contribution is 2.30. The summed E-state index contributed by atoms with van der Waals surface area (Å²) >= 11 is 0. The van der Waals surface area contributed by atoms with E-state index < -0.39 is 5.92 Å². The van der Waals surface area contributed by atoms with Gasteiger partial charge >= 0.3 is 0 Å². The molecule has 35 heavy (non-hydrogen) atoms. The van der Waals surface area contributed by atoms with Crippen LogP contribution in [0.2, 0.25) is 0 Å². The number of amidine groups is 1. The van der Waals surface area contributed by atoms with Crippen LogP contribution in [0.3, 0.4) is 0 Å². The van der Waals surface area contributed by atoms with Crippen LogP contribution in [0.4, 0.5) is 0 Å². The molecule has 1 aliphatic rings. The molecule has 0 radical (unpaired) electrons. The minimum absolute atomic E-state index is 0.124. The van der Waals surface area contributed by atoms with Crippen molar-refractivity contribution in [2.24, 2.45) is 11.8 Å². The lowest BCUT2D eigenvalue weighted by Gasteiger charge is -2.41. The number of hydrogen-bond donors (Lipinski definition) is 3. The van der Waals surface area contributed by atoms with Crippen LogP contribution in [0.15, 0.2) is 48.5 Å². The number of Topliss-reactive ketones (excluding diaryl/α,β-unsaturated/α-hetero) is 1. The van der Waals surface area contributed by atoms with Gasteiger partial charge in [-0.3, -0.25) is 15.0 Å². The molecule has 6 nitrogen and oxygen atoms in total. The smallest absolute Gasteiger partial charge is 0.251 e. The standard InChI is InChI=1S/C29H39N3O3/c1-19(2)29(4)18-26(33)24(27(30)32-29)12-11-21-15-20(3)16-23(17-21)28(34)31-25(13-14-35-5)22-9-7-6-8-10-22/h6-10,15-17,19,24-25H,11-14,18H2,1-5H3,(H2,30,32)(H,31,34)/t24?,25-,29-/m0/s1. The van der Waals surface area contributed by atoms with Gasteiger partial charge in [0.05, 0.1) is 12.0 Å². The van der Waals surface area contributed by atoms with Crippen molar-refractivity contribution in [3.05, 3.63) is 70.8 Å². The first kappa shape index (κ1) is 26.6. The molecule has 1 aliphatic heterocycles. The van der Waals surface area contributed by atoms with Crippen LogP contribution in [-0.4, -0.2) is 36.8 Å². The molecule has 0 aliphatic carbocycles. The molecule has 1 unspecified atom stereocenters. The predicted molar refractivity (Wildman–Crippen MR) is 140 cm³/mol. The van der Waals surface area contributed by atoms with Crippen molar-refractivity contribution in [3.63, 3.8) is 0 Å². The number of carbonyl (C=O) groups is 2. The summed E-state index contributed by atoms with van der Waals surface area (Å²) in [5.41, 5.74) is 3.28. The summed E-state index contributed by atoms with van der Waals surface area (Å²) in [6, 6.07) is 15.6. The van der Waals surface area contributed by atoms with Crippen LogP contribution in [0.1, 0.15) is 73.1 Å². The summed E-state index contributed by atoms with van der Waals surface area (Å²) in [4.78, 5) is 26.1. The zero-order valence-corrected chi connectivity index (χ0v) is 21.6. The van der Waals surface area contributed by atoms with E-state index in [2.05, 4.69) is 30.5 Å². The Balaban J connectivity index is 1.70. The third kappa shape index (κ3) is 6.79. The summed E-state index contributed by atoms with van der Waals surface area (Å²) in [6.45, 7) is 8.68. The second-order valence-corrected chi connectivity index (χ2v) is 10.3. The Morgan fingerprint density at radius 1 is 1.23 bits per heavy atom. The number of hydrogen-bond acceptors (Lipinski definition) is 4. The lowest BCUT2D eigenvalue weighted by Crippen LogP contribution is -2.58. The highest BCUT2D eigenvalue weighted by molar-refractivity contribution is 6.05.